The lowest BCUT2D eigenvalue weighted by molar-refractivity contribution is 0.0424. The second-order valence-electron chi connectivity index (χ2n) is 10.4. The molecule has 0 fully saturated rings. The van der Waals surface area contributed by atoms with Gasteiger partial charge in [0.25, 0.3) is 0 Å². The van der Waals surface area contributed by atoms with Crippen molar-refractivity contribution in [3.63, 3.8) is 0 Å². The first-order chi connectivity index (χ1) is 17.4. The molecule has 4 rings (SSSR count). The molecule has 0 aliphatic heterocycles. The van der Waals surface area contributed by atoms with Crippen LogP contribution in [0.5, 0.6) is 0 Å². The smallest absolute Gasteiger partial charge is 0.435 e. The van der Waals surface area contributed by atoms with Gasteiger partial charge >= 0.3 is 12.2 Å². The van der Waals surface area contributed by atoms with Gasteiger partial charge in [-0.3, -0.25) is 0 Å². The Balaban J connectivity index is 1.76. The molecule has 0 spiro atoms. The Morgan fingerprint density at radius 3 is 2.32 bits per heavy atom. The normalized spacial score (nSPS) is 11.8. The molecule has 0 saturated carbocycles. The Hall–Kier alpha value is -4.34. The van der Waals surface area contributed by atoms with Crippen molar-refractivity contribution >= 4 is 29.0 Å². The van der Waals surface area contributed by atoms with E-state index in [2.05, 4.69) is 15.4 Å². The van der Waals surface area contributed by atoms with Crippen LogP contribution in [-0.4, -0.2) is 37.9 Å². The molecule has 0 saturated heterocycles. The molecular weight excluding hydrogens is 474 g/mol. The first-order valence-corrected chi connectivity index (χ1v) is 11.9. The maximum absolute atomic E-state index is 13.1. The van der Waals surface area contributed by atoms with Gasteiger partial charge < -0.3 is 18.5 Å². The SMILES string of the molecule is CC(C)(C)OC(=O)NN(C(=O)OC(C)(C)C)c1ccc2c(cc(-c3ncco3)n2Cc2ccccc2)n1. The van der Waals surface area contributed by atoms with Crippen molar-refractivity contribution in [2.75, 3.05) is 5.01 Å². The predicted molar refractivity (Wildman–Crippen MR) is 139 cm³/mol. The third-order valence-electron chi connectivity index (χ3n) is 4.98. The molecular formula is C27H31N5O5. The standard InChI is InChI=1S/C27H31N5O5/c1-26(2,3)36-24(33)30-32(25(34)37-27(4,5)6)22-13-12-20-19(29-22)16-21(23-28-14-15-35-23)31(20)17-18-10-8-7-9-11-18/h7-16H,17H2,1-6H3,(H,30,33). The predicted octanol–water partition coefficient (Wildman–Crippen LogP) is 5.92. The summed E-state index contributed by atoms with van der Waals surface area (Å²) in [6, 6.07) is 15.2. The molecule has 3 aromatic heterocycles. The highest BCUT2D eigenvalue weighted by molar-refractivity contribution is 5.92. The molecule has 4 aromatic rings. The Bertz CT molecular complexity index is 1380. The number of anilines is 1. The van der Waals surface area contributed by atoms with Crippen LogP contribution in [0.1, 0.15) is 47.1 Å². The van der Waals surface area contributed by atoms with Crippen molar-refractivity contribution in [2.24, 2.45) is 0 Å². The quantitative estimate of drug-likeness (QED) is 0.343. The summed E-state index contributed by atoms with van der Waals surface area (Å²) in [7, 11) is 0. The van der Waals surface area contributed by atoms with Crippen LogP contribution in [0.15, 0.2) is 65.4 Å². The molecule has 0 radical (unpaired) electrons. The van der Waals surface area contributed by atoms with Crippen molar-refractivity contribution in [1.29, 1.82) is 0 Å². The van der Waals surface area contributed by atoms with E-state index >= 15 is 0 Å². The number of aromatic nitrogens is 3. The lowest BCUT2D eigenvalue weighted by atomic mass is 10.2. The molecule has 0 unspecified atom stereocenters. The van der Waals surface area contributed by atoms with Crippen LogP contribution in [0.3, 0.4) is 0 Å². The molecule has 37 heavy (non-hydrogen) atoms. The van der Waals surface area contributed by atoms with Crippen LogP contribution in [0.4, 0.5) is 15.4 Å². The number of pyridine rings is 1. The molecule has 1 aromatic carbocycles. The molecule has 194 valence electrons. The number of hydrogen-bond acceptors (Lipinski definition) is 7. The number of carbonyl (C=O) groups is 2. The number of carbonyl (C=O) groups excluding carboxylic acids is 2. The molecule has 10 heteroatoms. The van der Waals surface area contributed by atoms with E-state index < -0.39 is 23.4 Å². The third-order valence-corrected chi connectivity index (χ3v) is 4.98. The minimum atomic E-state index is -0.817. The van der Waals surface area contributed by atoms with E-state index in [9.17, 15) is 9.59 Å². The van der Waals surface area contributed by atoms with E-state index in [1.807, 2.05) is 47.0 Å². The average Bonchev–Trinajstić information content (AvgIpc) is 3.44. The van der Waals surface area contributed by atoms with Gasteiger partial charge in [0.2, 0.25) is 5.89 Å². The average molecular weight is 506 g/mol. The Morgan fingerprint density at radius 1 is 1.00 bits per heavy atom. The van der Waals surface area contributed by atoms with E-state index in [-0.39, 0.29) is 5.82 Å². The number of nitrogens with zero attached hydrogens (tertiary/aromatic N) is 4. The number of benzene rings is 1. The zero-order valence-electron chi connectivity index (χ0n) is 21.8. The fraction of sp³-hybridized carbons (Fsp3) is 0.333. The molecule has 10 nitrogen and oxygen atoms in total. The van der Waals surface area contributed by atoms with Gasteiger partial charge in [0, 0.05) is 6.54 Å². The molecule has 0 aliphatic carbocycles. The summed E-state index contributed by atoms with van der Waals surface area (Å²) in [5, 5.41) is 0.943. The number of ether oxygens (including phenoxy) is 2. The van der Waals surface area contributed by atoms with Gasteiger partial charge in [0.15, 0.2) is 5.82 Å². The fourth-order valence-corrected chi connectivity index (χ4v) is 3.61. The van der Waals surface area contributed by atoms with Gasteiger partial charge in [-0.05, 0) is 65.3 Å². The van der Waals surface area contributed by atoms with Crippen LogP contribution >= 0.6 is 0 Å². The summed E-state index contributed by atoms with van der Waals surface area (Å²) in [4.78, 5) is 34.6. The first kappa shape index (κ1) is 25.7. The molecule has 0 bridgehead atoms. The number of rotatable bonds is 4. The van der Waals surface area contributed by atoms with Gasteiger partial charge in [0.1, 0.15) is 23.2 Å². The van der Waals surface area contributed by atoms with E-state index in [0.29, 0.717) is 18.0 Å². The third kappa shape index (κ3) is 6.46. The van der Waals surface area contributed by atoms with Gasteiger partial charge in [-0.1, -0.05) is 30.3 Å². The topological polar surface area (TPSA) is 112 Å². The maximum Gasteiger partial charge on any atom is 0.435 e. The van der Waals surface area contributed by atoms with Crippen molar-refractivity contribution in [1.82, 2.24) is 20.0 Å². The van der Waals surface area contributed by atoms with E-state index in [4.69, 9.17) is 13.9 Å². The minimum absolute atomic E-state index is 0.156. The summed E-state index contributed by atoms with van der Waals surface area (Å²) in [5.74, 6) is 0.592. The van der Waals surface area contributed by atoms with Gasteiger partial charge in [-0.15, -0.1) is 0 Å². The second kappa shape index (κ2) is 9.96. The zero-order chi connectivity index (χ0) is 26.8. The summed E-state index contributed by atoms with van der Waals surface area (Å²) < 4.78 is 18.5. The minimum Gasteiger partial charge on any atom is -0.443 e. The maximum atomic E-state index is 13.1. The monoisotopic (exact) mass is 505 g/mol. The largest absolute Gasteiger partial charge is 0.443 e. The van der Waals surface area contributed by atoms with Crippen molar-refractivity contribution in [3.8, 4) is 11.6 Å². The fourth-order valence-electron chi connectivity index (χ4n) is 3.61. The van der Waals surface area contributed by atoms with Crippen LogP contribution in [0, 0.1) is 0 Å². The first-order valence-electron chi connectivity index (χ1n) is 11.9. The number of nitrogens with one attached hydrogen (secondary N) is 1. The number of oxazole rings is 1. The van der Waals surface area contributed by atoms with Crippen molar-refractivity contribution in [3.05, 3.63) is 66.6 Å². The molecule has 1 N–H and O–H groups in total. The van der Waals surface area contributed by atoms with Crippen molar-refractivity contribution < 1.29 is 23.5 Å². The summed E-state index contributed by atoms with van der Waals surface area (Å²) >= 11 is 0. The highest BCUT2D eigenvalue weighted by Crippen LogP contribution is 2.29. The number of amides is 2. The number of hydrogen-bond donors (Lipinski definition) is 1. The lowest BCUT2D eigenvalue weighted by Gasteiger charge is -2.28. The lowest BCUT2D eigenvalue weighted by Crippen LogP contribution is -2.50. The van der Waals surface area contributed by atoms with E-state index in [1.165, 1.54) is 6.26 Å². The summed E-state index contributed by atoms with van der Waals surface area (Å²) in [6.07, 6.45) is 1.46. The molecule has 3 heterocycles. The summed E-state index contributed by atoms with van der Waals surface area (Å²) in [5.41, 5.74) is 4.07. The van der Waals surface area contributed by atoms with E-state index in [0.717, 1.165) is 21.8 Å². The molecule has 0 aliphatic rings. The molecule has 0 atom stereocenters. The van der Waals surface area contributed by atoms with Gasteiger partial charge in [-0.25, -0.2) is 25.0 Å². The van der Waals surface area contributed by atoms with Crippen LogP contribution in [0.25, 0.3) is 22.6 Å². The highest BCUT2D eigenvalue weighted by atomic mass is 16.6. The van der Waals surface area contributed by atoms with E-state index in [1.54, 1.807) is 53.8 Å². The Kier molecular flexibility index (Phi) is 6.93. The molecule has 2 amide bonds. The Labute approximate surface area is 215 Å². The van der Waals surface area contributed by atoms with Crippen molar-refractivity contribution in [2.45, 2.75) is 59.3 Å². The van der Waals surface area contributed by atoms with Crippen LogP contribution in [-0.2, 0) is 16.0 Å². The number of fused-ring (bicyclic) bond motifs is 1. The highest BCUT2D eigenvalue weighted by Gasteiger charge is 2.29. The van der Waals surface area contributed by atoms with Crippen LogP contribution < -0.4 is 10.4 Å². The van der Waals surface area contributed by atoms with Gasteiger partial charge in [0.05, 0.1) is 17.2 Å². The Morgan fingerprint density at radius 2 is 1.70 bits per heavy atom. The van der Waals surface area contributed by atoms with Gasteiger partial charge in [-0.2, -0.15) is 5.01 Å². The second-order valence-corrected chi connectivity index (χ2v) is 10.4. The van der Waals surface area contributed by atoms with Crippen LogP contribution in [0.2, 0.25) is 0 Å². The zero-order valence-corrected chi connectivity index (χ0v) is 21.8. The summed E-state index contributed by atoms with van der Waals surface area (Å²) in [6.45, 7) is 10.9. The number of hydrazine groups is 1.